The summed E-state index contributed by atoms with van der Waals surface area (Å²) in [5, 5.41) is 3.28. The van der Waals surface area contributed by atoms with Crippen molar-refractivity contribution >= 4 is 11.6 Å². The number of carbonyl (C=O) groups is 2. The Hall–Kier alpha value is -0.740. The number of nitrogens with one attached hydrogen (secondary N) is 1. The summed E-state index contributed by atoms with van der Waals surface area (Å²) in [7, 11) is 6.04. The average molecular weight is 238 g/mol. The Morgan fingerprint density at radius 3 is 2.29 bits per heavy atom. The zero-order valence-corrected chi connectivity index (χ0v) is 11.0. The van der Waals surface area contributed by atoms with Crippen LogP contribution in [0.1, 0.15) is 32.1 Å². The van der Waals surface area contributed by atoms with E-state index in [9.17, 15) is 9.59 Å². The first kappa shape index (κ1) is 12.7. The number of rotatable bonds is 2. The minimum atomic E-state index is -0.639. The molecule has 4 heteroatoms. The van der Waals surface area contributed by atoms with Gasteiger partial charge in [0.05, 0.1) is 5.41 Å². The Labute approximate surface area is 103 Å². The van der Waals surface area contributed by atoms with Gasteiger partial charge in [0.1, 0.15) is 11.6 Å². The third-order valence-corrected chi connectivity index (χ3v) is 4.58. The molecule has 17 heavy (non-hydrogen) atoms. The Balaban J connectivity index is 2.20. The van der Waals surface area contributed by atoms with Gasteiger partial charge in [-0.3, -0.25) is 9.59 Å². The van der Waals surface area contributed by atoms with Crippen molar-refractivity contribution in [2.75, 3.05) is 21.1 Å². The van der Waals surface area contributed by atoms with Crippen molar-refractivity contribution in [2.45, 2.75) is 44.2 Å². The number of Topliss-reactive ketones (excluding diaryl/α,β-unsaturated/α-hetero) is 2. The summed E-state index contributed by atoms with van der Waals surface area (Å²) >= 11 is 0. The number of hydrogen-bond donors (Lipinski definition) is 1. The number of likely N-dealkylation sites (N-methyl/N-ethyl adjacent to an activating group) is 2. The van der Waals surface area contributed by atoms with Crippen molar-refractivity contribution < 1.29 is 9.59 Å². The second kappa shape index (κ2) is 4.50. The van der Waals surface area contributed by atoms with Crippen LogP contribution in [0.5, 0.6) is 0 Å². The molecule has 4 nitrogen and oxygen atoms in total. The Morgan fingerprint density at radius 1 is 1.24 bits per heavy atom. The number of ketones is 2. The van der Waals surface area contributed by atoms with Crippen molar-refractivity contribution in [1.82, 2.24) is 10.2 Å². The fourth-order valence-electron chi connectivity index (χ4n) is 3.49. The lowest BCUT2D eigenvalue weighted by Gasteiger charge is -2.43. The van der Waals surface area contributed by atoms with Gasteiger partial charge < -0.3 is 10.2 Å². The maximum absolute atomic E-state index is 12.0. The second-order valence-electron chi connectivity index (χ2n) is 5.60. The van der Waals surface area contributed by atoms with Crippen LogP contribution in [-0.2, 0) is 9.59 Å². The van der Waals surface area contributed by atoms with E-state index in [1.807, 2.05) is 7.05 Å². The Kier molecular flexibility index (Phi) is 3.36. The van der Waals surface area contributed by atoms with Crippen molar-refractivity contribution in [3.8, 4) is 0 Å². The van der Waals surface area contributed by atoms with E-state index in [2.05, 4.69) is 24.3 Å². The smallest absolute Gasteiger partial charge is 0.146 e. The predicted molar refractivity (Wildman–Crippen MR) is 65.9 cm³/mol. The Bertz CT molecular complexity index is 322. The van der Waals surface area contributed by atoms with Crippen LogP contribution in [0, 0.1) is 5.41 Å². The highest BCUT2D eigenvalue weighted by Crippen LogP contribution is 2.44. The van der Waals surface area contributed by atoms with Gasteiger partial charge in [-0.1, -0.05) is 0 Å². The van der Waals surface area contributed by atoms with E-state index < -0.39 is 5.41 Å². The molecule has 2 aliphatic carbocycles. The molecule has 1 spiro atoms. The molecule has 2 fully saturated rings. The molecular weight excluding hydrogens is 216 g/mol. The lowest BCUT2D eigenvalue weighted by molar-refractivity contribution is -0.138. The summed E-state index contributed by atoms with van der Waals surface area (Å²) in [5.74, 6) is 0.361. The van der Waals surface area contributed by atoms with E-state index in [-0.39, 0.29) is 17.6 Å². The normalized spacial score (nSPS) is 32.7. The largest absolute Gasteiger partial charge is 0.315 e. The molecule has 0 aliphatic heterocycles. The number of carbonyl (C=O) groups excluding carboxylic acids is 2. The minimum absolute atomic E-state index is 0.181. The number of hydrogen-bond acceptors (Lipinski definition) is 4. The monoisotopic (exact) mass is 238 g/mol. The minimum Gasteiger partial charge on any atom is -0.315 e. The van der Waals surface area contributed by atoms with Crippen LogP contribution >= 0.6 is 0 Å². The maximum Gasteiger partial charge on any atom is 0.146 e. The molecule has 0 amide bonds. The van der Waals surface area contributed by atoms with Gasteiger partial charge in [-0.25, -0.2) is 0 Å². The molecule has 0 radical (unpaired) electrons. The van der Waals surface area contributed by atoms with Crippen molar-refractivity contribution in [1.29, 1.82) is 0 Å². The first-order valence-corrected chi connectivity index (χ1v) is 6.41. The van der Waals surface area contributed by atoms with E-state index >= 15 is 0 Å². The van der Waals surface area contributed by atoms with Gasteiger partial charge in [-0.05, 0) is 40.4 Å². The van der Waals surface area contributed by atoms with E-state index in [4.69, 9.17) is 0 Å². The lowest BCUT2D eigenvalue weighted by atomic mass is 9.68. The third kappa shape index (κ3) is 1.93. The zero-order chi connectivity index (χ0) is 12.6. The predicted octanol–water partition coefficient (Wildman–Crippen LogP) is 0.607. The van der Waals surface area contributed by atoms with Gasteiger partial charge in [0.25, 0.3) is 0 Å². The highest BCUT2D eigenvalue weighted by atomic mass is 16.2. The fourth-order valence-corrected chi connectivity index (χ4v) is 3.49. The van der Waals surface area contributed by atoms with Crippen LogP contribution in [0.4, 0.5) is 0 Å². The van der Waals surface area contributed by atoms with Gasteiger partial charge in [0.2, 0.25) is 0 Å². The van der Waals surface area contributed by atoms with E-state index in [0.717, 1.165) is 12.8 Å². The molecule has 0 unspecified atom stereocenters. The fraction of sp³-hybridized carbons (Fsp3) is 0.846. The molecular formula is C13H22N2O2. The van der Waals surface area contributed by atoms with Crippen LogP contribution < -0.4 is 5.32 Å². The molecule has 96 valence electrons. The van der Waals surface area contributed by atoms with Crippen LogP contribution in [0.2, 0.25) is 0 Å². The standard InChI is InChI=1S/C13H22N2O2/c1-14-9-8-13(7-6-10(9)15(2)3)11(16)4-5-12(13)17/h9-10,14H,4-8H2,1-3H3/t9-,10-/m1/s1. The van der Waals surface area contributed by atoms with Gasteiger partial charge >= 0.3 is 0 Å². The summed E-state index contributed by atoms with van der Waals surface area (Å²) in [6, 6.07) is 0.663. The third-order valence-electron chi connectivity index (χ3n) is 4.58. The van der Waals surface area contributed by atoms with E-state index in [1.165, 1.54) is 0 Å². The molecule has 1 N–H and O–H groups in total. The molecule has 2 saturated carbocycles. The van der Waals surface area contributed by atoms with Gasteiger partial charge in [0.15, 0.2) is 0 Å². The van der Waals surface area contributed by atoms with Gasteiger partial charge in [0, 0.05) is 24.9 Å². The Morgan fingerprint density at radius 2 is 1.82 bits per heavy atom. The lowest BCUT2D eigenvalue weighted by Crippen LogP contribution is -2.55. The zero-order valence-electron chi connectivity index (χ0n) is 11.0. The highest BCUT2D eigenvalue weighted by molar-refractivity contribution is 6.13. The molecule has 0 aromatic carbocycles. The average Bonchev–Trinajstić information content (AvgIpc) is 2.57. The quantitative estimate of drug-likeness (QED) is 0.716. The van der Waals surface area contributed by atoms with Crippen molar-refractivity contribution in [2.24, 2.45) is 5.41 Å². The van der Waals surface area contributed by atoms with Gasteiger partial charge in [-0.15, -0.1) is 0 Å². The topological polar surface area (TPSA) is 49.4 Å². The summed E-state index contributed by atoms with van der Waals surface area (Å²) in [5.41, 5.74) is -0.639. The second-order valence-corrected chi connectivity index (χ2v) is 5.60. The van der Waals surface area contributed by atoms with Crippen LogP contribution in [0.3, 0.4) is 0 Å². The molecule has 0 aromatic heterocycles. The molecule has 0 heterocycles. The van der Waals surface area contributed by atoms with Crippen LogP contribution in [-0.4, -0.2) is 49.7 Å². The summed E-state index contributed by atoms with van der Waals surface area (Å²) in [6.07, 6.45) is 3.27. The van der Waals surface area contributed by atoms with E-state index in [1.54, 1.807) is 0 Å². The van der Waals surface area contributed by atoms with E-state index in [0.29, 0.717) is 25.3 Å². The first-order chi connectivity index (χ1) is 8.01. The SMILES string of the molecule is CN[C@@H]1CC2(CC[C@H]1N(C)C)C(=O)CCC2=O. The molecule has 2 rings (SSSR count). The number of nitrogens with zero attached hydrogens (tertiary/aromatic N) is 1. The maximum atomic E-state index is 12.0. The highest BCUT2D eigenvalue weighted by Gasteiger charge is 2.53. The molecule has 2 atom stereocenters. The summed E-state index contributed by atoms with van der Waals surface area (Å²) < 4.78 is 0. The van der Waals surface area contributed by atoms with Crippen molar-refractivity contribution in [3.63, 3.8) is 0 Å². The summed E-state index contributed by atoms with van der Waals surface area (Å²) in [4.78, 5) is 26.3. The molecule has 0 saturated heterocycles. The summed E-state index contributed by atoms with van der Waals surface area (Å²) in [6.45, 7) is 0. The molecule has 2 aliphatic rings. The molecule has 0 aromatic rings. The van der Waals surface area contributed by atoms with Crippen LogP contribution in [0.25, 0.3) is 0 Å². The molecule has 0 bridgehead atoms. The van der Waals surface area contributed by atoms with Crippen LogP contribution in [0.15, 0.2) is 0 Å². The van der Waals surface area contributed by atoms with Crippen molar-refractivity contribution in [3.05, 3.63) is 0 Å². The first-order valence-electron chi connectivity index (χ1n) is 6.41. The van der Waals surface area contributed by atoms with Gasteiger partial charge in [-0.2, -0.15) is 0 Å².